The van der Waals surface area contributed by atoms with E-state index in [1.54, 1.807) is 19.1 Å². The Hall–Kier alpha value is -1.14. The van der Waals surface area contributed by atoms with Crippen LogP contribution in [0.5, 0.6) is 5.75 Å². The summed E-state index contributed by atoms with van der Waals surface area (Å²) in [6.07, 6.45) is -1.66. The van der Waals surface area contributed by atoms with Gasteiger partial charge in [0.2, 0.25) is 0 Å². The van der Waals surface area contributed by atoms with Crippen LogP contribution in [0.1, 0.15) is 18.6 Å². The topological polar surface area (TPSA) is 55.8 Å². The summed E-state index contributed by atoms with van der Waals surface area (Å²) in [4.78, 5) is 11.4. The summed E-state index contributed by atoms with van der Waals surface area (Å²) in [6, 6.07) is 6.07. The van der Waals surface area contributed by atoms with Gasteiger partial charge in [-0.05, 0) is 40.5 Å². The van der Waals surface area contributed by atoms with Crippen LogP contribution in [0.2, 0.25) is 0 Å². The summed E-state index contributed by atoms with van der Waals surface area (Å²) in [7, 11) is 1.49. The highest BCUT2D eigenvalue weighted by atomic mass is 79.9. The van der Waals surface area contributed by atoms with Gasteiger partial charge in [-0.2, -0.15) is 0 Å². The van der Waals surface area contributed by atoms with E-state index in [4.69, 9.17) is 4.74 Å². The van der Waals surface area contributed by atoms with Crippen molar-refractivity contribution in [3.63, 3.8) is 0 Å². The van der Waals surface area contributed by atoms with Crippen molar-refractivity contribution in [1.82, 2.24) is 0 Å². The van der Waals surface area contributed by atoms with E-state index in [0.717, 1.165) is 0 Å². The molecule has 0 aliphatic carbocycles. The average Bonchev–Trinajstić information content (AvgIpc) is 2.38. The van der Waals surface area contributed by atoms with Crippen molar-refractivity contribution in [1.29, 1.82) is 0 Å². The maximum Gasteiger partial charge on any atom is 0.358 e. The first kappa shape index (κ1) is 14.9. The monoisotopic (exact) mass is 320 g/mol. The van der Waals surface area contributed by atoms with E-state index in [1.165, 1.54) is 19.2 Å². The zero-order valence-electron chi connectivity index (χ0n) is 10.0. The molecule has 0 bridgehead atoms. The molecule has 6 heteroatoms. The first-order valence-electron chi connectivity index (χ1n) is 5.30. The van der Waals surface area contributed by atoms with Crippen LogP contribution in [0.15, 0.2) is 24.3 Å². The molecule has 100 valence electrons. The third kappa shape index (κ3) is 3.20. The molecule has 0 saturated carbocycles. The van der Waals surface area contributed by atoms with E-state index in [9.17, 15) is 14.3 Å². The Balaban J connectivity index is 2.90. The van der Waals surface area contributed by atoms with Gasteiger partial charge in [0.1, 0.15) is 11.9 Å². The third-order valence-corrected chi connectivity index (χ3v) is 3.08. The second kappa shape index (κ2) is 6.15. The van der Waals surface area contributed by atoms with Crippen LogP contribution in [0.3, 0.4) is 0 Å². The number of ether oxygens (including phenoxy) is 2. The molecule has 0 spiro atoms. The van der Waals surface area contributed by atoms with Crippen LogP contribution in [0.25, 0.3) is 0 Å². The number of alkyl halides is 2. The molecule has 0 unspecified atom stereocenters. The molecule has 0 aliphatic heterocycles. The normalized spacial score (nSPS) is 15.6. The zero-order valence-corrected chi connectivity index (χ0v) is 11.6. The number of benzene rings is 1. The van der Waals surface area contributed by atoms with Crippen molar-refractivity contribution in [2.45, 2.75) is 17.6 Å². The molecule has 0 fully saturated rings. The van der Waals surface area contributed by atoms with Gasteiger partial charge in [-0.25, -0.2) is 9.18 Å². The lowest BCUT2D eigenvalue weighted by Crippen LogP contribution is -2.35. The summed E-state index contributed by atoms with van der Waals surface area (Å²) < 4.78 is 20.9. The van der Waals surface area contributed by atoms with Gasteiger partial charge in [0.15, 0.2) is 0 Å². The van der Waals surface area contributed by atoms with Crippen molar-refractivity contribution < 1.29 is 23.8 Å². The Morgan fingerprint density at radius 3 is 2.50 bits per heavy atom. The van der Waals surface area contributed by atoms with Gasteiger partial charge < -0.3 is 14.6 Å². The number of rotatable bonds is 5. The first-order chi connectivity index (χ1) is 8.43. The fourth-order valence-electron chi connectivity index (χ4n) is 1.33. The number of carbonyl (C=O) groups excluding carboxylic acids is 1. The number of hydrogen-bond acceptors (Lipinski definition) is 4. The van der Waals surface area contributed by atoms with Crippen molar-refractivity contribution in [2.24, 2.45) is 0 Å². The maximum atomic E-state index is 14.1. The average molecular weight is 321 g/mol. The molecule has 0 radical (unpaired) electrons. The third-order valence-electron chi connectivity index (χ3n) is 2.32. The lowest BCUT2D eigenvalue weighted by Gasteiger charge is -2.22. The predicted octanol–water partition coefficient (Wildman–Crippen LogP) is 2.35. The lowest BCUT2D eigenvalue weighted by atomic mass is 10.1. The largest absolute Gasteiger partial charge is 0.497 e. The van der Waals surface area contributed by atoms with Crippen molar-refractivity contribution in [3.05, 3.63) is 29.8 Å². The van der Waals surface area contributed by atoms with Gasteiger partial charge in [0, 0.05) is 0 Å². The maximum absolute atomic E-state index is 14.1. The molecule has 1 rings (SSSR count). The minimum absolute atomic E-state index is 0.0332. The highest BCUT2D eigenvalue weighted by Crippen LogP contribution is 2.37. The SMILES string of the molecule is CCOC(=O)[C@@](F)(Br)[C@H](O)c1ccc(OC)cc1. The van der Waals surface area contributed by atoms with E-state index >= 15 is 0 Å². The second-order valence-corrected chi connectivity index (χ2v) is 4.67. The molecule has 0 amide bonds. The Kier molecular flexibility index (Phi) is 5.10. The number of aliphatic hydroxyl groups is 1. The van der Waals surface area contributed by atoms with Crippen molar-refractivity contribution in [2.75, 3.05) is 13.7 Å². The summed E-state index contributed by atoms with van der Waals surface area (Å²) in [5.74, 6) is -0.588. The van der Waals surface area contributed by atoms with Crippen LogP contribution in [-0.2, 0) is 9.53 Å². The van der Waals surface area contributed by atoms with Crippen molar-refractivity contribution in [3.8, 4) is 5.75 Å². The number of carbonyl (C=O) groups is 1. The minimum Gasteiger partial charge on any atom is -0.497 e. The number of esters is 1. The molecule has 1 N–H and O–H groups in total. The molecule has 4 nitrogen and oxygen atoms in total. The van der Waals surface area contributed by atoms with E-state index in [-0.39, 0.29) is 12.2 Å². The molecule has 1 aromatic rings. The molecule has 0 heterocycles. The number of methoxy groups -OCH3 is 1. The highest BCUT2D eigenvalue weighted by Gasteiger charge is 2.45. The molecule has 0 saturated heterocycles. The molecular weight excluding hydrogens is 307 g/mol. The molecule has 0 aliphatic rings. The van der Waals surface area contributed by atoms with Crippen LogP contribution >= 0.6 is 15.9 Å². The lowest BCUT2D eigenvalue weighted by molar-refractivity contribution is -0.156. The van der Waals surface area contributed by atoms with Gasteiger partial charge >= 0.3 is 5.97 Å². The predicted molar refractivity (Wildman–Crippen MR) is 67.4 cm³/mol. The Labute approximate surface area is 113 Å². The fraction of sp³-hybridized carbons (Fsp3) is 0.417. The Bertz CT molecular complexity index is 405. The zero-order chi connectivity index (χ0) is 13.8. The standard InChI is InChI=1S/C12H14BrFO4/c1-3-18-11(16)12(13,14)10(15)8-4-6-9(17-2)7-5-8/h4-7,10,15H,3H2,1-2H3/t10-,12-/m1/s1. The van der Waals surface area contributed by atoms with E-state index in [2.05, 4.69) is 20.7 Å². The van der Waals surface area contributed by atoms with Gasteiger partial charge in [0.25, 0.3) is 4.58 Å². The summed E-state index contributed by atoms with van der Waals surface area (Å²) in [5, 5.41) is 9.85. The minimum atomic E-state index is -2.67. The summed E-state index contributed by atoms with van der Waals surface area (Å²) in [6.45, 7) is 1.59. The quantitative estimate of drug-likeness (QED) is 0.668. The van der Waals surface area contributed by atoms with Crippen LogP contribution < -0.4 is 4.74 Å². The fourth-order valence-corrected chi connectivity index (χ4v) is 1.71. The van der Waals surface area contributed by atoms with Gasteiger partial charge in [-0.3, -0.25) is 0 Å². The molecule has 0 aromatic heterocycles. The second-order valence-electron chi connectivity index (χ2n) is 3.52. The highest BCUT2D eigenvalue weighted by molar-refractivity contribution is 9.10. The van der Waals surface area contributed by atoms with Gasteiger partial charge in [-0.1, -0.05) is 12.1 Å². The Morgan fingerprint density at radius 1 is 1.50 bits per heavy atom. The summed E-state index contributed by atoms with van der Waals surface area (Å²) in [5.41, 5.74) is 0.239. The number of aliphatic hydroxyl groups excluding tert-OH is 1. The smallest absolute Gasteiger partial charge is 0.358 e. The summed E-state index contributed by atoms with van der Waals surface area (Å²) >= 11 is 2.56. The Morgan fingerprint density at radius 2 is 2.06 bits per heavy atom. The molecule has 18 heavy (non-hydrogen) atoms. The molecular formula is C12H14BrFO4. The number of halogens is 2. The van der Waals surface area contributed by atoms with Gasteiger partial charge in [0.05, 0.1) is 13.7 Å². The first-order valence-corrected chi connectivity index (χ1v) is 6.09. The van der Waals surface area contributed by atoms with Crippen LogP contribution in [-0.4, -0.2) is 29.4 Å². The van der Waals surface area contributed by atoms with Crippen molar-refractivity contribution >= 4 is 21.9 Å². The van der Waals surface area contributed by atoms with Crippen LogP contribution in [0, 0.1) is 0 Å². The van der Waals surface area contributed by atoms with E-state index in [1.807, 2.05) is 0 Å². The van der Waals surface area contributed by atoms with Gasteiger partial charge in [-0.15, -0.1) is 0 Å². The van der Waals surface area contributed by atoms with E-state index < -0.39 is 16.7 Å². The molecule has 1 aromatic carbocycles. The molecule has 2 atom stereocenters. The number of hydrogen-bond donors (Lipinski definition) is 1. The van der Waals surface area contributed by atoms with E-state index in [0.29, 0.717) is 5.75 Å². The van der Waals surface area contributed by atoms with Crippen LogP contribution in [0.4, 0.5) is 4.39 Å².